The third-order valence-corrected chi connectivity index (χ3v) is 3.40. The van der Waals surface area contributed by atoms with Crippen LogP contribution in [0.5, 0.6) is 0 Å². The first-order chi connectivity index (χ1) is 7.18. The molecule has 2 aliphatic rings. The van der Waals surface area contributed by atoms with Gasteiger partial charge in [0.15, 0.2) is 0 Å². The second kappa shape index (κ2) is 5.84. The van der Waals surface area contributed by atoms with Gasteiger partial charge in [0, 0.05) is 51.2 Å². The molecule has 2 heterocycles. The third-order valence-electron chi connectivity index (χ3n) is 3.40. The first-order valence-corrected chi connectivity index (χ1v) is 5.92. The van der Waals surface area contributed by atoms with Gasteiger partial charge in [-0.15, -0.1) is 12.4 Å². The number of carbonyl (C=O) groups excluding carboxylic acids is 1. The van der Waals surface area contributed by atoms with Gasteiger partial charge in [-0.1, -0.05) is 13.8 Å². The van der Waals surface area contributed by atoms with E-state index in [1.54, 1.807) is 0 Å². The molecule has 0 bridgehead atoms. The Labute approximate surface area is 104 Å². The molecule has 0 spiro atoms. The van der Waals surface area contributed by atoms with Gasteiger partial charge < -0.3 is 10.2 Å². The van der Waals surface area contributed by atoms with Crippen molar-refractivity contribution in [2.75, 3.05) is 39.3 Å². The first kappa shape index (κ1) is 13.7. The Morgan fingerprint density at radius 3 is 2.12 bits per heavy atom. The molecule has 16 heavy (non-hydrogen) atoms. The zero-order valence-corrected chi connectivity index (χ0v) is 10.9. The second-order valence-electron chi connectivity index (χ2n) is 4.83. The van der Waals surface area contributed by atoms with Crippen molar-refractivity contribution in [3.8, 4) is 0 Å². The molecule has 5 heteroatoms. The van der Waals surface area contributed by atoms with E-state index in [1.807, 2.05) is 18.7 Å². The molecule has 1 amide bonds. The second-order valence-corrected chi connectivity index (χ2v) is 4.83. The molecule has 0 aromatic carbocycles. The van der Waals surface area contributed by atoms with Crippen molar-refractivity contribution in [1.82, 2.24) is 15.1 Å². The van der Waals surface area contributed by atoms with Crippen molar-refractivity contribution in [2.45, 2.75) is 19.9 Å². The predicted molar refractivity (Wildman–Crippen MR) is 66.9 cm³/mol. The van der Waals surface area contributed by atoms with E-state index in [2.05, 4.69) is 10.2 Å². The van der Waals surface area contributed by atoms with E-state index in [0.717, 1.165) is 45.3 Å². The Morgan fingerprint density at radius 2 is 1.75 bits per heavy atom. The van der Waals surface area contributed by atoms with Gasteiger partial charge in [0.1, 0.15) is 0 Å². The minimum absolute atomic E-state index is 0. The minimum atomic E-state index is 0. The number of rotatable bonds is 2. The molecule has 0 aliphatic carbocycles. The molecule has 0 atom stereocenters. The van der Waals surface area contributed by atoms with Crippen molar-refractivity contribution in [3.05, 3.63) is 0 Å². The summed E-state index contributed by atoms with van der Waals surface area (Å²) in [7, 11) is 0. The van der Waals surface area contributed by atoms with Crippen LogP contribution in [-0.2, 0) is 4.79 Å². The maximum atomic E-state index is 11.8. The van der Waals surface area contributed by atoms with Crippen LogP contribution < -0.4 is 5.32 Å². The van der Waals surface area contributed by atoms with Gasteiger partial charge >= 0.3 is 0 Å². The number of nitrogens with one attached hydrogen (secondary N) is 1. The third kappa shape index (κ3) is 2.87. The SMILES string of the molecule is CC(C)C(=O)N1CCN(C2CNC2)CC1.Cl. The Morgan fingerprint density at radius 1 is 1.19 bits per heavy atom. The lowest BCUT2D eigenvalue weighted by Gasteiger charge is -2.43. The van der Waals surface area contributed by atoms with E-state index in [4.69, 9.17) is 0 Å². The summed E-state index contributed by atoms with van der Waals surface area (Å²) in [5.41, 5.74) is 0. The summed E-state index contributed by atoms with van der Waals surface area (Å²) in [6.07, 6.45) is 0. The maximum Gasteiger partial charge on any atom is 0.225 e. The normalized spacial score (nSPS) is 22.8. The molecule has 94 valence electrons. The zero-order valence-electron chi connectivity index (χ0n) is 10.1. The van der Waals surface area contributed by atoms with Crippen LogP contribution in [0.3, 0.4) is 0 Å². The highest BCUT2D eigenvalue weighted by Crippen LogP contribution is 2.11. The largest absolute Gasteiger partial charge is 0.340 e. The monoisotopic (exact) mass is 247 g/mol. The summed E-state index contributed by atoms with van der Waals surface area (Å²) in [5, 5.41) is 3.29. The lowest BCUT2D eigenvalue weighted by atomic mass is 10.1. The van der Waals surface area contributed by atoms with E-state index >= 15 is 0 Å². The van der Waals surface area contributed by atoms with Crippen molar-refractivity contribution < 1.29 is 4.79 Å². The van der Waals surface area contributed by atoms with Crippen LogP contribution in [-0.4, -0.2) is 61.0 Å². The lowest BCUT2D eigenvalue weighted by molar-refractivity contribution is -0.136. The van der Waals surface area contributed by atoms with Crippen molar-refractivity contribution in [1.29, 1.82) is 0 Å². The van der Waals surface area contributed by atoms with Gasteiger partial charge in [0.2, 0.25) is 5.91 Å². The van der Waals surface area contributed by atoms with Gasteiger partial charge in [-0.05, 0) is 0 Å². The summed E-state index contributed by atoms with van der Waals surface area (Å²) in [6.45, 7) is 10.1. The number of carbonyl (C=O) groups is 1. The van der Waals surface area contributed by atoms with Crippen LogP contribution in [0.1, 0.15) is 13.8 Å². The van der Waals surface area contributed by atoms with Crippen molar-refractivity contribution in [2.24, 2.45) is 5.92 Å². The summed E-state index contributed by atoms with van der Waals surface area (Å²) in [4.78, 5) is 16.3. The topological polar surface area (TPSA) is 35.6 Å². The molecule has 4 nitrogen and oxygen atoms in total. The van der Waals surface area contributed by atoms with Crippen LogP contribution in [0.2, 0.25) is 0 Å². The highest BCUT2D eigenvalue weighted by atomic mass is 35.5. The molecule has 1 N–H and O–H groups in total. The average Bonchev–Trinajstić information content (AvgIpc) is 2.15. The number of amides is 1. The smallest absolute Gasteiger partial charge is 0.225 e. The Hall–Kier alpha value is -0.320. The molecule has 0 saturated carbocycles. The van der Waals surface area contributed by atoms with E-state index in [9.17, 15) is 4.79 Å². The molecule has 2 saturated heterocycles. The van der Waals surface area contributed by atoms with Gasteiger partial charge in [0.05, 0.1) is 0 Å². The van der Waals surface area contributed by atoms with Gasteiger partial charge in [-0.25, -0.2) is 0 Å². The number of piperazine rings is 1. The number of halogens is 1. The van der Waals surface area contributed by atoms with Crippen molar-refractivity contribution >= 4 is 18.3 Å². The highest BCUT2D eigenvalue weighted by molar-refractivity contribution is 5.85. The zero-order chi connectivity index (χ0) is 10.8. The number of nitrogens with zero attached hydrogens (tertiary/aromatic N) is 2. The van der Waals surface area contributed by atoms with E-state index in [0.29, 0.717) is 5.91 Å². The van der Waals surface area contributed by atoms with Gasteiger partial charge in [0.25, 0.3) is 0 Å². The molecular formula is C11H22ClN3O. The molecule has 0 aromatic rings. The fourth-order valence-electron chi connectivity index (χ4n) is 2.20. The minimum Gasteiger partial charge on any atom is -0.340 e. The van der Waals surface area contributed by atoms with E-state index < -0.39 is 0 Å². The summed E-state index contributed by atoms with van der Waals surface area (Å²) < 4.78 is 0. The fourth-order valence-corrected chi connectivity index (χ4v) is 2.20. The van der Waals surface area contributed by atoms with Crippen LogP contribution in [0, 0.1) is 5.92 Å². The molecule has 0 radical (unpaired) electrons. The molecule has 0 aromatic heterocycles. The van der Waals surface area contributed by atoms with Crippen molar-refractivity contribution in [3.63, 3.8) is 0 Å². The van der Waals surface area contributed by atoms with Crippen LogP contribution in [0.25, 0.3) is 0 Å². The number of hydrogen-bond acceptors (Lipinski definition) is 3. The van der Waals surface area contributed by atoms with Gasteiger partial charge in [-0.2, -0.15) is 0 Å². The van der Waals surface area contributed by atoms with E-state index in [-0.39, 0.29) is 18.3 Å². The highest BCUT2D eigenvalue weighted by Gasteiger charge is 2.29. The van der Waals surface area contributed by atoms with E-state index in [1.165, 1.54) is 0 Å². The van der Waals surface area contributed by atoms with Crippen LogP contribution in [0.4, 0.5) is 0 Å². The Balaban J connectivity index is 0.00000128. The summed E-state index contributed by atoms with van der Waals surface area (Å²) >= 11 is 0. The Bertz CT molecular complexity index is 235. The van der Waals surface area contributed by atoms with Crippen LogP contribution in [0.15, 0.2) is 0 Å². The molecular weight excluding hydrogens is 226 g/mol. The molecule has 2 aliphatic heterocycles. The number of hydrogen-bond donors (Lipinski definition) is 1. The molecule has 0 unspecified atom stereocenters. The lowest BCUT2D eigenvalue weighted by Crippen LogP contribution is -2.62. The molecule has 2 rings (SSSR count). The summed E-state index contributed by atoms with van der Waals surface area (Å²) in [5.74, 6) is 0.448. The predicted octanol–water partition coefficient (Wildman–Crippen LogP) is 0.180. The fraction of sp³-hybridized carbons (Fsp3) is 0.909. The average molecular weight is 248 g/mol. The Kier molecular flexibility index (Phi) is 5.02. The summed E-state index contributed by atoms with van der Waals surface area (Å²) in [6, 6.07) is 0.723. The molecule has 2 fully saturated rings. The standard InChI is InChI=1S/C11H21N3O.ClH/c1-9(2)11(15)14-5-3-13(4-6-14)10-7-12-8-10;/h9-10,12H,3-8H2,1-2H3;1H. The van der Waals surface area contributed by atoms with Crippen LogP contribution >= 0.6 is 12.4 Å². The first-order valence-electron chi connectivity index (χ1n) is 5.92. The maximum absolute atomic E-state index is 11.8. The van der Waals surface area contributed by atoms with Gasteiger partial charge in [-0.3, -0.25) is 9.69 Å². The quantitative estimate of drug-likeness (QED) is 0.756.